The fourth-order valence-electron chi connectivity index (χ4n) is 3.07. The smallest absolute Gasteiger partial charge is 0.0272 e. The minimum atomic E-state index is 1.37. The van der Waals surface area contributed by atoms with Crippen molar-refractivity contribution in [1.82, 2.24) is 0 Å². The van der Waals surface area contributed by atoms with Gasteiger partial charge < -0.3 is 0 Å². The van der Waals surface area contributed by atoms with E-state index in [4.69, 9.17) is 0 Å². The van der Waals surface area contributed by atoms with Crippen LogP contribution in [0.4, 0.5) is 0 Å². The zero-order valence-electron chi connectivity index (χ0n) is 15.5. The fraction of sp³-hybridized carbons (Fsp3) is 0.952. The van der Waals surface area contributed by atoms with Crippen LogP contribution in [0, 0.1) is 5.92 Å². The zero-order valence-corrected chi connectivity index (χ0v) is 15.5. The van der Waals surface area contributed by atoms with Gasteiger partial charge in [-0.15, -0.1) is 0 Å². The summed E-state index contributed by atoms with van der Waals surface area (Å²) in [7, 11) is 0. The van der Waals surface area contributed by atoms with Crippen LogP contribution in [0.5, 0.6) is 0 Å². The highest BCUT2D eigenvalue weighted by molar-refractivity contribution is 4.83. The van der Waals surface area contributed by atoms with Gasteiger partial charge in [0.05, 0.1) is 0 Å². The Morgan fingerprint density at radius 1 is 0.429 bits per heavy atom. The van der Waals surface area contributed by atoms with Gasteiger partial charge in [0.25, 0.3) is 0 Å². The van der Waals surface area contributed by atoms with Crippen LogP contribution in [0.2, 0.25) is 0 Å². The molecule has 0 heterocycles. The summed E-state index contributed by atoms with van der Waals surface area (Å²) in [5.41, 5.74) is 0. The van der Waals surface area contributed by atoms with E-state index in [1.165, 1.54) is 109 Å². The minimum absolute atomic E-state index is 1.37. The number of hydrogen-bond donors (Lipinski definition) is 0. The highest BCUT2D eigenvalue weighted by Crippen LogP contribution is 2.20. The highest BCUT2D eigenvalue weighted by atomic mass is 14.1. The summed E-state index contributed by atoms with van der Waals surface area (Å²) in [6.07, 6.45) is 24.4. The molecule has 0 bridgehead atoms. The number of rotatable bonds is 17. The normalized spacial score (nSPS) is 11.4. The topological polar surface area (TPSA) is 0 Å². The van der Waals surface area contributed by atoms with E-state index in [2.05, 4.69) is 20.8 Å². The van der Waals surface area contributed by atoms with Crippen molar-refractivity contribution >= 4 is 0 Å². The molecule has 0 unspecified atom stereocenters. The van der Waals surface area contributed by atoms with Crippen molar-refractivity contribution in [3.05, 3.63) is 5.92 Å². The van der Waals surface area contributed by atoms with Crippen LogP contribution in [-0.4, -0.2) is 0 Å². The largest absolute Gasteiger partial charge is 0.0654 e. The standard InChI is InChI=1S/C21H43/c1-4-6-8-10-12-14-16-18-20-21(3)19-17-15-13-11-9-7-5-2/h4-20H2,1-3H3. The van der Waals surface area contributed by atoms with Crippen molar-refractivity contribution in [2.45, 2.75) is 130 Å². The molecular weight excluding hydrogens is 252 g/mol. The Morgan fingerprint density at radius 3 is 1.05 bits per heavy atom. The molecule has 127 valence electrons. The molecule has 0 atom stereocenters. The predicted octanol–water partition coefficient (Wildman–Crippen LogP) is 8.25. The van der Waals surface area contributed by atoms with Crippen molar-refractivity contribution in [2.24, 2.45) is 0 Å². The molecule has 0 saturated heterocycles. The summed E-state index contributed by atoms with van der Waals surface area (Å²) in [6, 6.07) is 0. The Morgan fingerprint density at radius 2 is 0.714 bits per heavy atom. The van der Waals surface area contributed by atoms with Crippen molar-refractivity contribution in [1.29, 1.82) is 0 Å². The Balaban J connectivity index is 3.11. The van der Waals surface area contributed by atoms with Gasteiger partial charge in [0.2, 0.25) is 0 Å². The van der Waals surface area contributed by atoms with Gasteiger partial charge in [-0.25, -0.2) is 0 Å². The Hall–Kier alpha value is 0. The Bertz CT molecular complexity index is 173. The van der Waals surface area contributed by atoms with E-state index in [0.717, 1.165) is 0 Å². The van der Waals surface area contributed by atoms with Gasteiger partial charge in [0, 0.05) is 0 Å². The summed E-state index contributed by atoms with van der Waals surface area (Å²) >= 11 is 0. The first-order valence-corrected chi connectivity index (χ1v) is 10.1. The molecular formula is C21H43. The highest BCUT2D eigenvalue weighted by Gasteiger charge is 2.02. The third kappa shape index (κ3) is 18.0. The third-order valence-electron chi connectivity index (χ3n) is 4.66. The van der Waals surface area contributed by atoms with Crippen LogP contribution in [-0.2, 0) is 0 Å². The molecule has 0 aromatic carbocycles. The molecule has 0 fully saturated rings. The van der Waals surface area contributed by atoms with Crippen LogP contribution in [0.15, 0.2) is 0 Å². The lowest BCUT2D eigenvalue weighted by Crippen LogP contribution is -1.93. The molecule has 0 N–H and O–H groups in total. The van der Waals surface area contributed by atoms with Crippen LogP contribution >= 0.6 is 0 Å². The first-order valence-electron chi connectivity index (χ1n) is 10.1. The second-order valence-electron chi connectivity index (χ2n) is 7.05. The molecule has 0 nitrogen and oxygen atoms in total. The Labute approximate surface area is 136 Å². The fourth-order valence-corrected chi connectivity index (χ4v) is 3.07. The average Bonchev–Trinajstić information content (AvgIpc) is 2.49. The van der Waals surface area contributed by atoms with Gasteiger partial charge in [-0.05, 0) is 18.8 Å². The van der Waals surface area contributed by atoms with Crippen LogP contribution in [0.25, 0.3) is 0 Å². The molecule has 21 heavy (non-hydrogen) atoms. The number of unbranched alkanes of at least 4 members (excludes halogenated alkanes) is 13. The van der Waals surface area contributed by atoms with E-state index in [1.54, 1.807) is 5.92 Å². The lowest BCUT2D eigenvalue weighted by molar-refractivity contribution is 0.544. The predicted molar refractivity (Wildman–Crippen MR) is 98.8 cm³/mol. The SMILES string of the molecule is CCCCCCCCCC[C](C)CCCCCCCCC. The molecule has 0 saturated carbocycles. The van der Waals surface area contributed by atoms with E-state index >= 15 is 0 Å². The van der Waals surface area contributed by atoms with Gasteiger partial charge in [-0.2, -0.15) is 0 Å². The molecule has 0 spiro atoms. The van der Waals surface area contributed by atoms with Crippen molar-refractivity contribution in [3.63, 3.8) is 0 Å². The summed E-state index contributed by atoms with van der Waals surface area (Å²) < 4.78 is 0. The molecule has 0 aliphatic heterocycles. The van der Waals surface area contributed by atoms with Gasteiger partial charge in [-0.3, -0.25) is 0 Å². The summed E-state index contributed by atoms with van der Waals surface area (Å²) in [5, 5.41) is 0. The summed E-state index contributed by atoms with van der Waals surface area (Å²) in [4.78, 5) is 0. The molecule has 0 aliphatic rings. The van der Waals surface area contributed by atoms with Crippen molar-refractivity contribution in [2.75, 3.05) is 0 Å². The average molecular weight is 296 g/mol. The van der Waals surface area contributed by atoms with Crippen molar-refractivity contribution < 1.29 is 0 Å². The lowest BCUT2D eigenvalue weighted by Gasteiger charge is -2.10. The second-order valence-corrected chi connectivity index (χ2v) is 7.05. The molecule has 0 aromatic rings. The van der Waals surface area contributed by atoms with E-state index < -0.39 is 0 Å². The van der Waals surface area contributed by atoms with E-state index in [1.807, 2.05) is 0 Å². The maximum atomic E-state index is 2.39. The molecule has 0 amide bonds. The maximum absolute atomic E-state index is 2.39. The van der Waals surface area contributed by atoms with Crippen molar-refractivity contribution in [3.8, 4) is 0 Å². The zero-order chi connectivity index (χ0) is 15.6. The third-order valence-corrected chi connectivity index (χ3v) is 4.66. The molecule has 0 aliphatic carbocycles. The van der Waals surface area contributed by atoms with Gasteiger partial charge >= 0.3 is 0 Å². The van der Waals surface area contributed by atoms with Crippen LogP contribution in [0.1, 0.15) is 130 Å². The number of hydrogen-bond acceptors (Lipinski definition) is 0. The quantitative estimate of drug-likeness (QED) is 0.237. The molecule has 1 radical (unpaired) electrons. The van der Waals surface area contributed by atoms with Crippen LogP contribution in [0.3, 0.4) is 0 Å². The molecule has 0 rings (SSSR count). The van der Waals surface area contributed by atoms with Gasteiger partial charge in [0.15, 0.2) is 0 Å². The monoisotopic (exact) mass is 295 g/mol. The minimum Gasteiger partial charge on any atom is -0.0654 e. The lowest BCUT2D eigenvalue weighted by atomic mass is 9.96. The first kappa shape index (κ1) is 21.0. The molecule has 0 heteroatoms. The van der Waals surface area contributed by atoms with E-state index in [0.29, 0.717) is 0 Å². The van der Waals surface area contributed by atoms with E-state index in [9.17, 15) is 0 Å². The van der Waals surface area contributed by atoms with Gasteiger partial charge in [0.1, 0.15) is 0 Å². The molecule has 0 aromatic heterocycles. The summed E-state index contributed by atoms with van der Waals surface area (Å²) in [6.45, 7) is 6.98. The summed E-state index contributed by atoms with van der Waals surface area (Å²) in [5.74, 6) is 1.76. The second kappa shape index (κ2) is 18.1. The van der Waals surface area contributed by atoms with E-state index in [-0.39, 0.29) is 0 Å². The maximum Gasteiger partial charge on any atom is -0.0272 e. The van der Waals surface area contributed by atoms with Gasteiger partial charge in [-0.1, -0.05) is 117 Å². The first-order chi connectivity index (χ1) is 10.3. The Kier molecular flexibility index (Phi) is 18.1. The van der Waals surface area contributed by atoms with Crippen LogP contribution < -0.4 is 0 Å².